The first kappa shape index (κ1) is 11.1. The molecule has 0 N–H and O–H groups in total. The Balaban J connectivity index is 2.03. The number of carboxylic acids is 1. The van der Waals surface area contributed by atoms with E-state index in [-0.39, 0.29) is 13.2 Å². The summed E-state index contributed by atoms with van der Waals surface area (Å²) in [7, 11) is 0. The Kier molecular flexibility index (Phi) is 2.94. The summed E-state index contributed by atoms with van der Waals surface area (Å²) >= 11 is 0. The normalized spacial score (nSPS) is 29.9. The zero-order valence-electron chi connectivity index (χ0n) is 9.01. The van der Waals surface area contributed by atoms with Gasteiger partial charge in [-0.25, -0.2) is 0 Å². The largest absolute Gasteiger partial charge is 0.549 e. The summed E-state index contributed by atoms with van der Waals surface area (Å²) in [5, 5.41) is 10.8. The van der Waals surface area contributed by atoms with E-state index in [0.717, 1.165) is 5.56 Å². The fourth-order valence-electron chi connectivity index (χ4n) is 1.53. The maximum atomic E-state index is 10.8. The van der Waals surface area contributed by atoms with Crippen molar-refractivity contribution in [3.8, 4) is 0 Å². The first-order valence-electron chi connectivity index (χ1n) is 5.11. The fraction of sp³-hybridized carbons (Fsp3) is 0.417. The number of carbonyl (C=O) groups is 1. The lowest BCUT2D eigenvalue weighted by Crippen LogP contribution is -2.49. The van der Waals surface area contributed by atoms with E-state index in [2.05, 4.69) is 0 Å². The summed E-state index contributed by atoms with van der Waals surface area (Å²) in [6.07, 6.45) is -0.478. The molecule has 86 valence electrons. The van der Waals surface area contributed by atoms with Gasteiger partial charge in [-0.05, 0) is 6.92 Å². The predicted molar refractivity (Wildman–Crippen MR) is 54.2 cm³/mol. The highest BCUT2D eigenvalue weighted by Crippen LogP contribution is 2.30. The molecular weight excluding hydrogens is 208 g/mol. The molecule has 2 rings (SSSR count). The van der Waals surface area contributed by atoms with E-state index in [9.17, 15) is 9.90 Å². The Labute approximate surface area is 93.8 Å². The summed E-state index contributed by atoms with van der Waals surface area (Å²) in [6.45, 7) is 1.77. The van der Waals surface area contributed by atoms with Crippen LogP contribution in [0.1, 0.15) is 18.8 Å². The molecule has 4 nitrogen and oxygen atoms in total. The molecule has 0 aromatic heterocycles. The van der Waals surface area contributed by atoms with E-state index in [4.69, 9.17) is 9.47 Å². The Morgan fingerprint density at radius 2 is 1.88 bits per heavy atom. The van der Waals surface area contributed by atoms with E-state index >= 15 is 0 Å². The number of hydrogen-bond donors (Lipinski definition) is 0. The number of benzene rings is 1. The molecule has 1 aliphatic rings. The van der Waals surface area contributed by atoms with Gasteiger partial charge < -0.3 is 19.4 Å². The SMILES string of the molecule is CC1(C(=O)[O-])COC(c2ccccc2)OC1. The summed E-state index contributed by atoms with van der Waals surface area (Å²) in [4.78, 5) is 10.8. The zero-order valence-corrected chi connectivity index (χ0v) is 9.01. The number of rotatable bonds is 2. The quantitative estimate of drug-likeness (QED) is 0.729. The van der Waals surface area contributed by atoms with Crippen LogP contribution in [-0.2, 0) is 14.3 Å². The van der Waals surface area contributed by atoms with Gasteiger partial charge in [0.2, 0.25) is 0 Å². The number of hydrogen-bond acceptors (Lipinski definition) is 4. The molecule has 0 spiro atoms. The molecule has 4 heteroatoms. The second kappa shape index (κ2) is 4.23. The van der Waals surface area contributed by atoms with Crippen LogP contribution in [0.3, 0.4) is 0 Å². The zero-order chi connectivity index (χ0) is 11.6. The number of ether oxygens (including phenoxy) is 2. The lowest BCUT2D eigenvalue weighted by Gasteiger charge is -2.37. The van der Waals surface area contributed by atoms with Crippen LogP contribution in [0, 0.1) is 5.41 Å². The van der Waals surface area contributed by atoms with Gasteiger partial charge in [0.1, 0.15) is 0 Å². The Morgan fingerprint density at radius 1 is 1.31 bits per heavy atom. The molecular formula is C12H13O4-. The first-order chi connectivity index (χ1) is 7.62. The third-order valence-electron chi connectivity index (χ3n) is 2.67. The smallest absolute Gasteiger partial charge is 0.183 e. The van der Waals surface area contributed by atoms with Crippen LogP contribution in [0.25, 0.3) is 0 Å². The van der Waals surface area contributed by atoms with Crippen LogP contribution in [0.15, 0.2) is 30.3 Å². The number of aliphatic carboxylic acids is 1. The average Bonchev–Trinajstić information content (AvgIpc) is 2.31. The van der Waals surface area contributed by atoms with Crippen molar-refractivity contribution in [2.45, 2.75) is 13.2 Å². The van der Waals surface area contributed by atoms with Crippen LogP contribution in [0.2, 0.25) is 0 Å². The molecule has 1 saturated heterocycles. The van der Waals surface area contributed by atoms with Gasteiger partial charge in [0.25, 0.3) is 0 Å². The van der Waals surface area contributed by atoms with Crippen molar-refractivity contribution in [3.05, 3.63) is 35.9 Å². The Hall–Kier alpha value is -1.39. The molecule has 0 radical (unpaired) electrons. The molecule has 1 aromatic rings. The lowest BCUT2D eigenvalue weighted by molar-refractivity contribution is -0.334. The van der Waals surface area contributed by atoms with E-state index in [1.807, 2.05) is 30.3 Å². The Bertz CT molecular complexity index is 366. The van der Waals surface area contributed by atoms with Crippen LogP contribution >= 0.6 is 0 Å². The van der Waals surface area contributed by atoms with Crippen LogP contribution < -0.4 is 5.11 Å². The lowest BCUT2D eigenvalue weighted by atomic mass is 9.92. The van der Waals surface area contributed by atoms with Gasteiger partial charge in [-0.2, -0.15) is 0 Å². The third-order valence-corrected chi connectivity index (χ3v) is 2.67. The molecule has 1 aliphatic heterocycles. The van der Waals surface area contributed by atoms with E-state index in [1.165, 1.54) is 0 Å². The van der Waals surface area contributed by atoms with Gasteiger partial charge in [-0.3, -0.25) is 0 Å². The highest BCUT2D eigenvalue weighted by molar-refractivity contribution is 5.72. The molecule has 1 aromatic carbocycles. The second-order valence-corrected chi connectivity index (χ2v) is 4.21. The molecule has 0 aliphatic carbocycles. The summed E-state index contributed by atoms with van der Waals surface area (Å²) < 4.78 is 10.8. The molecule has 0 unspecified atom stereocenters. The van der Waals surface area contributed by atoms with Crippen LogP contribution in [-0.4, -0.2) is 19.2 Å². The van der Waals surface area contributed by atoms with Crippen molar-refractivity contribution in [1.82, 2.24) is 0 Å². The van der Waals surface area contributed by atoms with Crippen LogP contribution in [0.5, 0.6) is 0 Å². The number of carboxylic acid groups (broad SMARTS) is 1. The standard InChI is InChI=1S/C12H14O4/c1-12(11(13)14)7-15-10(16-8-12)9-5-3-2-4-6-9/h2-6,10H,7-8H2,1H3,(H,13,14)/p-1. The molecule has 16 heavy (non-hydrogen) atoms. The maximum absolute atomic E-state index is 10.8. The highest BCUT2D eigenvalue weighted by Gasteiger charge is 2.34. The molecule has 1 fully saturated rings. The van der Waals surface area contributed by atoms with Crippen molar-refractivity contribution in [2.24, 2.45) is 5.41 Å². The topological polar surface area (TPSA) is 58.6 Å². The molecule has 0 atom stereocenters. The summed E-state index contributed by atoms with van der Waals surface area (Å²) in [5.74, 6) is -1.14. The predicted octanol–water partition coefficient (Wildman–Crippen LogP) is 0.488. The van der Waals surface area contributed by atoms with Crippen molar-refractivity contribution < 1.29 is 19.4 Å². The maximum Gasteiger partial charge on any atom is 0.183 e. The molecule has 0 bridgehead atoms. The molecule has 0 amide bonds. The van der Waals surface area contributed by atoms with Gasteiger partial charge in [0.15, 0.2) is 6.29 Å². The minimum Gasteiger partial charge on any atom is -0.549 e. The number of carbonyl (C=O) groups excluding carboxylic acids is 1. The van der Waals surface area contributed by atoms with Gasteiger partial charge in [-0.15, -0.1) is 0 Å². The molecule has 0 saturated carbocycles. The fourth-order valence-corrected chi connectivity index (χ4v) is 1.53. The van der Waals surface area contributed by atoms with Gasteiger partial charge >= 0.3 is 0 Å². The van der Waals surface area contributed by atoms with E-state index < -0.39 is 17.7 Å². The highest BCUT2D eigenvalue weighted by atomic mass is 16.7. The van der Waals surface area contributed by atoms with E-state index in [0.29, 0.717) is 0 Å². The van der Waals surface area contributed by atoms with Gasteiger partial charge in [0, 0.05) is 5.56 Å². The first-order valence-corrected chi connectivity index (χ1v) is 5.11. The minimum atomic E-state index is -1.14. The van der Waals surface area contributed by atoms with Crippen molar-refractivity contribution >= 4 is 5.97 Å². The van der Waals surface area contributed by atoms with Gasteiger partial charge in [0.05, 0.1) is 24.6 Å². The second-order valence-electron chi connectivity index (χ2n) is 4.21. The third kappa shape index (κ3) is 2.08. The van der Waals surface area contributed by atoms with Crippen molar-refractivity contribution in [3.63, 3.8) is 0 Å². The minimum absolute atomic E-state index is 0.106. The van der Waals surface area contributed by atoms with Crippen molar-refractivity contribution in [1.29, 1.82) is 0 Å². The van der Waals surface area contributed by atoms with Crippen LogP contribution in [0.4, 0.5) is 0 Å². The molecule has 1 heterocycles. The summed E-state index contributed by atoms with van der Waals surface area (Å²) in [5.41, 5.74) is -0.159. The van der Waals surface area contributed by atoms with Gasteiger partial charge in [-0.1, -0.05) is 30.3 Å². The monoisotopic (exact) mass is 221 g/mol. The average molecular weight is 221 g/mol. The van der Waals surface area contributed by atoms with E-state index in [1.54, 1.807) is 6.92 Å². The summed E-state index contributed by atoms with van der Waals surface area (Å²) in [6, 6.07) is 9.43. The Morgan fingerprint density at radius 3 is 2.38 bits per heavy atom. The van der Waals surface area contributed by atoms with Crippen molar-refractivity contribution in [2.75, 3.05) is 13.2 Å².